The van der Waals surface area contributed by atoms with Crippen LogP contribution in [0.25, 0.3) is 11.4 Å². The molecule has 0 unspecified atom stereocenters. The summed E-state index contributed by atoms with van der Waals surface area (Å²) in [6, 6.07) is 0. The van der Waals surface area contributed by atoms with Gasteiger partial charge in [-0.2, -0.15) is 15.0 Å². The van der Waals surface area contributed by atoms with Gasteiger partial charge in [0.1, 0.15) is 0 Å². The van der Waals surface area contributed by atoms with E-state index in [2.05, 4.69) is 26.7 Å². The molecule has 2 fully saturated rings. The zero-order valence-electron chi connectivity index (χ0n) is 15.6. The second kappa shape index (κ2) is 7.57. The largest absolute Gasteiger partial charge is 0.378 e. The Labute approximate surface area is 157 Å². The number of aromatic nitrogens is 5. The summed E-state index contributed by atoms with van der Waals surface area (Å²) in [6.45, 7) is 8.89. The summed E-state index contributed by atoms with van der Waals surface area (Å²) in [6.07, 6.45) is 1.80. The summed E-state index contributed by atoms with van der Waals surface area (Å²) in [4.78, 5) is 26.8. The third-order valence-corrected chi connectivity index (χ3v) is 4.67. The van der Waals surface area contributed by atoms with E-state index < -0.39 is 0 Å². The Kier molecular flexibility index (Phi) is 4.99. The van der Waals surface area contributed by atoms with Gasteiger partial charge in [0.05, 0.1) is 37.2 Å². The van der Waals surface area contributed by atoms with E-state index >= 15 is 0 Å². The van der Waals surface area contributed by atoms with Gasteiger partial charge in [-0.25, -0.2) is 9.97 Å². The maximum absolute atomic E-state index is 5.69. The van der Waals surface area contributed by atoms with Crippen LogP contribution < -0.4 is 15.5 Å². The van der Waals surface area contributed by atoms with Crippen LogP contribution in [-0.2, 0) is 9.47 Å². The molecule has 0 aliphatic carbocycles. The molecule has 10 nitrogen and oxygen atoms in total. The van der Waals surface area contributed by atoms with Gasteiger partial charge in [0.15, 0.2) is 5.82 Å². The second-order valence-corrected chi connectivity index (χ2v) is 6.71. The zero-order chi connectivity index (χ0) is 18.8. The molecule has 2 aliphatic rings. The molecule has 2 aromatic heterocycles. The van der Waals surface area contributed by atoms with Crippen molar-refractivity contribution in [2.45, 2.75) is 20.0 Å². The van der Waals surface area contributed by atoms with E-state index in [1.54, 1.807) is 6.20 Å². The number of hydrogen-bond donors (Lipinski definition) is 1. The van der Waals surface area contributed by atoms with E-state index in [1.807, 2.05) is 6.92 Å². The quantitative estimate of drug-likeness (QED) is 0.805. The van der Waals surface area contributed by atoms with Gasteiger partial charge in [-0.1, -0.05) is 0 Å². The predicted octanol–water partition coefficient (Wildman–Crippen LogP) is 0.281. The molecule has 0 bridgehead atoms. The van der Waals surface area contributed by atoms with E-state index in [0.29, 0.717) is 37.5 Å². The first kappa shape index (κ1) is 17.8. The Bertz CT molecular complexity index is 812. The average Bonchev–Trinajstić information content (AvgIpc) is 2.68. The van der Waals surface area contributed by atoms with Crippen LogP contribution in [-0.4, -0.2) is 77.0 Å². The minimum atomic E-state index is 0.132. The first-order valence-corrected chi connectivity index (χ1v) is 9.15. The summed E-state index contributed by atoms with van der Waals surface area (Å²) in [5.74, 6) is 2.08. The van der Waals surface area contributed by atoms with Crippen LogP contribution in [0.3, 0.4) is 0 Å². The lowest BCUT2D eigenvalue weighted by molar-refractivity contribution is 0.0526. The molecule has 0 radical (unpaired) electrons. The lowest BCUT2D eigenvalue weighted by Crippen LogP contribution is -2.43. The zero-order valence-corrected chi connectivity index (χ0v) is 15.6. The lowest BCUT2D eigenvalue weighted by Gasteiger charge is -2.32. The van der Waals surface area contributed by atoms with Gasteiger partial charge in [0.25, 0.3) is 0 Å². The molecule has 2 aliphatic heterocycles. The number of rotatable bonds is 3. The fraction of sp³-hybridized carbons (Fsp3) is 0.588. The highest BCUT2D eigenvalue weighted by molar-refractivity contribution is 5.60. The monoisotopic (exact) mass is 372 g/mol. The molecule has 4 heterocycles. The Morgan fingerprint density at radius 1 is 1.00 bits per heavy atom. The van der Waals surface area contributed by atoms with Crippen LogP contribution in [0.2, 0.25) is 0 Å². The molecule has 4 rings (SSSR count). The van der Waals surface area contributed by atoms with Crippen molar-refractivity contribution in [1.29, 1.82) is 0 Å². The van der Waals surface area contributed by atoms with Gasteiger partial charge in [0, 0.05) is 32.4 Å². The molecule has 27 heavy (non-hydrogen) atoms. The first-order valence-electron chi connectivity index (χ1n) is 9.15. The van der Waals surface area contributed by atoms with E-state index in [1.165, 1.54) is 0 Å². The Balaban J connectivity index is 1.76. The molecular formula is C17H24N8O2. The fourth-order valence-electron chi connectivity index (χ4n) is 3.23. The van der Waals surface area contributed by atoms with Gasteiger partial charge in [0.2, 0.25) is 17.8 Å². The molecule has 0 saturated carbocycles. The molecule has 2 aromatic rings. The first-order chi connectivity index (χ1) is 13.1. The molecular weight excluding hydrogens is 348 g/mol. The van der Waals surface area contributed by atoms with Crippen LogP contribution in [0.15, 0.2) is 6.20 Å². The van der Waals surface area contributed by atoms with Crippen LogP contribution in [0.4, 0.5) is 17.8 Å². The van der Waals surface area contributed by atoms with E-state index in [0.717, 1.165) is 37.4 Å². The van der Waals surface area contributed by atoms with Crippen molar-refractivity contribution in [3.05, 3.63) is 11.9 Å². The molecule has 0 aromatic carbocycles. The summed E-state index contributed by atoms with van der Waals surface area (Å²) in [5, 5.41) is 0. The SMILES string of the molecule is Cc1nc(N)ncc1-c1nc(N2CCOCC2)nc(N2CCO[C@H](C)C2)n1. The number of morpholine rings is 2. The number of hydrogen-bond acceptors (Lipinski definition) is 10. The third-order valence-electron chi connectivity index (χ3n) is 4.67. The molecule has 10 heteroatoms. The van der Waals surface area contributed by atoms with Crippen molar-refractivity contribution in [3.8, 4) is 11.4 Å². The summed E-state index contributed by atoms with van der Waals surface area (Å²) in [5.41, 5.74) is 7.19. The number of nitrogen functional groups attached to an aromatic ring is 1. The van der Waals surface area contributed by atoms with Gasteiger partial charge in [-0.15, -0.1) is 0 Å². The molecule has 144 valence electrons. The maximum atomic E-state index is 5.69. The number of anilines is 3. The molecule has 0 spiro atoms. The van der Waals surface area contributed by atoms with Gasteiger partial charge < -0.3 is 25.0 Å². The van der Waals surface area contributed by atoms with E-state index in [4.69, 9.17) is 30.2 Å². The Morgan fingerprint density at radius 3 is 2.41 bits per heavy atom. The van der Waals surface area contributed by atoms with Crippen LogP contribution in [0, 0.1) is 6.92 Å². The average molecular weight is 372 g/mol. The van der Waals surface area contributed by atoms with E-state index in [-0.39, 0.29) is 12.1 Å². The minimum absolute atomic E-state index is 0.132. The minimum Gasteiger partial charge on any atom is -0.378 e. The van der Waals surface area contributed by atoms with Crippen molar-refractivity contribution >= 4 is 17.8 Å². The standard InChI is InChI=1S/C17H24N8O2/c1-11-10-25(5-8-27-11)17-22-14(13-9-19-15(18)20-12(13)2)21-16(23-17)24-3-6-26-7-4-24/h9,11H,3-8,10H2,1-2H3,(H2,18,19,20)/t11-/m1/s1. The Hall–Kier alpha value is -2.59. The summed E-state index contributed by atoms with van der Waals surface area (Å²) < 4.78 is 11.1. The fourth-order valence-corrected chi connectivity index (χ4v) is 3.23. The molecule has 2 N–H and O–H groups in total. The highest BCUT2D eigenvalue weighted by atomic mass is 16.5. The Morgan fingerprint density at radius 2 is 1.70 bits per heavy atom. The highest BCUT2D eigenvalue weighted by Crippen LogP contribution is 2.24. The molecule has 2 saturated heterocycles. The van der Waals surface area contributed by atoms with Gasteiger partial charge in [-0.05, 0) is 13.8 Å². The van der Waals surface area contributed by atoms with Gasteiger partial charge in [-0.3, -0.25) is 0 Å². The normalized spacial score (nSPS) is 20.7. The highest BCUT2D eigenvalue weighted by Gasteiger charge is 2.24. The maximum Gasteiger partial charge on any atom is 0.230 e. The van der Waals surface area contributed by atoms with Crippen molar-refractivity contribution in [1.82, 2.24) is 24.9 Å². The molecule has 1 atom stereocenters. The van der Waals surface area contributed by atoms with Crippen molar-refractivity contribution in [2.24, 2.45) is 0 Å². The lowest BCUT2D eigenvalue weighted by atomic mass is 10.2. The second-order valence-electron chi connectivity index (χ2n) is 6.71. The number of nitrogens with two attached hydrogens (primary N) is 1. The number of aryl methyl sites for hydroxylation is 1. The smallest absolute Gasteiger partial charge is 0.230 e. The van der Waals surface area contributed by atoms with Crippen molar-refractivity contribution < 1.29 is 9.47 Å². The van der Waals surface area contributed by atoms with Crippen LogP contribution >= 0.6 is 0 Å². The summed E-state index contributed by atoms with van der Waals surface area (Å²) >= 11 is 0. The van der Waals surface area contributed by atoms with E-state index in [9.17, 15) is 0 Å². The topological polar surface area (TPSA) is 115 Å². The number of nitrogens with zero attached hydrogens (tertiary/aromatic N) is 7. The number of ether oxygens (including phenoxy) is 2. The van der Waals surface area contributed by atoms with Gasteiger partial charge >= 0.3 is 0 Å². The summed E-state index contributed by atoms with van der Waals surface area (Å²) in [7, 11) is 0. The third kappa shape index (κ3) is 3.91. The predicted molar refractivity (Wildman–Crippen MR) is 101 cm³/mol. The van der Waals surface area contributed by atoms with Crippen molar-refractivity contribution in [3.63, 3.8) is 0 Å². The molecule has 0 amide bonds. The van der Waals surface area contributed by atoms with Crippen molar-refractivity contribution in [2.75, 3.05) is 61.5 Å². The van der Waals surface area contributed by atoms with Crippen LogP contribution in [0.1, 0.15) is 12.6 Å². The van der Waals surface area contributed by atoms with Crippen LogP contribution in [0.5, 0.6) is 0 Å².